The summed E-state index contributed by atoms with van der Waals surface area (Å²) < 4.78 is 0. The average molecular weight is 564 g/mol. The Hall–Kier alpha value is -1.18. The highest BCUT2D eigenvalue weighted by molar-refractivity contribution is 6.28. The number of rotatable bonds is 10. The van der Waals surface area contributed by atoms with Crippen LogP contribution in [-0.4, -0.2) is 73.1 Å². The molecule has 0 spiro atoms. The van der Waals surface area contributed by atoms with Crippen LogP contribution in [0.1, 0.15) is 121 Å². The molecule has 3 rings (SSSR count). The molecule has 2 fully saturated rings. The largest absolute Gasteiger partial charge is 0.351 e. The average Bonchev–Trinajstić information content (AvgIpc) is 2.79. The minimum absolute atomic E-state index is 0.131. The molecular weight excluding hydrogens is 506 g/mol. The summed E-state index contributed by atoms with van der Waals surface area (Å²) in [5.74, 6) is 2.22. The standard InChI is InChI=1S/C31H58ClN7/c1-13-15-23(21-17-28(3,4)38(11)29(5,6)18-21)33-26-35-25(32)36-27(37-26)34-24(16-14-2)22-19-30(7,8)39(12)31(9,10)20-22/h21-24H,13-20H2,1-12H3,(H2,33,34,35,36,37). The molecule has 7 nitrogen and oxygen atoms in total. The molecule has 3 heterocycles. The van der Waals surface area contributed by atoms with Crippen molar-refractivity contribution in [3.63, 3.8) is 0 Å². The number of hydrogen-bond acceptors (Lipinski definition) is 7. The SMILES string of the molecule is CCCC(Nc1nc(Cl)nc(NC(CCC)C2CC(C)(C)N(C)C(C)(C)C2)n1)C1CC(C)(C)N(C)C(C)(C)C1. The maximum Gasteiger partial charge on any atom is 0.229 e. The third-order valence-corrected chi connectivity index (χ3v) is 10.4. The highest BCUT2D eigenvalue weighted by atomic mass is 35.5. The number of hydrogen-bond donors (Lipinski definition) is 2. The first-order valence-corrected chi connectivity index (χ1v) is 15.7. The Morgan fingerprint density at radius 1 is 0.667 bits per heavy atom. The summed E-state index contributed by atoms with van der Waals surface area (Å²) in [5.41, 5.74) is 0.526. The molecule has 2 atom stereocenters. The van der Waals surface area contributed by atoms with Crippen molar-refractivity contribution >= 4 is 23.5 Å². The first-order valence-electron chi connectivity index (χ1n) is 15.3. The molecule has 2 aliphatic rings. The van der Waals surface area contributed by atoms with Gasteiger partial charge in [0.15, 0.2) is 0 Å². The van der Waals surface area contributed by atoms with E-state index >= 15 is 0 Å². The van der Waals surface area contributed by atoms with Crippen molar-refractivity contribution in [2.45, 2.75) is 155 Å². The van der Waals surface area contributed by atoms with Crippen LogP contribution in [0.5, 0.6) is 0 Å². The van der Waals surface area contributed by atoms with Crippen molar-refractivity contribution < 1.29 is 0 Å². The van der Waals surface area contributed by atoms with E-state index in [9.17, 15) is 0 Å². The summed E-state index contributed by atoms with van der Waals surface area (Å²) in [6.07, 6.45) is 8.90. The zero-order valence-corrected chi connectivity index (χ0v) is 27.8. The molecule has 1 aromatic rings. The Morgan fingerprint density at radius 2 is 0.974 bits per heavy atom. The van der Waals surface area contributed by atoms with E-state index in [-0.39, 0.29) is 39.5 Å². The van der Waals surface area contributed by atoms with E-state index in [1.165, 1.54) is 0 Å². The van der Waals surface area contributed by atoms with E-state index in [1.54, 1.807) is 0 Å². The maximum absolute atomic E-state index is 6.51. The molecular formula is C31H58ClN7. The van der Waals surface area contributed by atoms with Gasteiger partial charge in [-0.25, -0.2) is 0 Å². The Labute approximate surface area is 244 Å². The quantitative estimate of drug-likeness (QED) is 0.305. The molecule has 2 N–H and O–H groups in total. The van der Waals surface area contributed by atoms with Gasteiger partial charge in [-0.15, -0.1) is 0 Å². The van der Waals surface area contributed by atoms with Gasteiger partial charge in [0.05, 0.1) is 0 Å². The van der Waals surface area contributed by atoms with Crippen molar-refractivity contribution in [1.82, 2.24) is 24.8 Å². The molecule has 0 aromatic carbocycles. The van der Waals surface area contributed by atoms with E-state index in [0.29, 0.717) is 23.7 Å². The molecule has 39 heavy (non-hydrogen) atoms. The predicted octanol–water partition coefficient (Wildman–Crippen LogP) is 7.48. The summed E-state index contributed by atoms with van der Waals surface area (Å²) in [4.78, 5) is 19.0. The highest BCUT2D eigenvalue weighted by Crippen LogP contribution is 2.44. The fraction of sp³-hybridized carbons (Fsp3) is 0.903. The normalized spacial score (nSPS) is 25.3. The first-order chi connectivity index (χ1) is 17.9. The van der Waals surface area contributed by atoms with Crippen LogP contribution in [0, 0.1) is 11.8 Å². The fourth-order valence-electron chi connectivity index (χ4n) is 7.75. The third-order valence-electron chi connectivity index (χ3n) is 10.3. The third kappa shape index (κ3) is 7.56. The van der Waals surface area contributed by atoms with Gasteiger partial charge in [0.2, 0.25) is 17.2 Å². The van der Waals surface area contributed by atoms with E-state index in [0.717, 1.165) is 51.4 Å². The van der Waals surface area contributed by atoms with Gasteiger partial charge in [-0.2, -0.15) is 15.0 Å². The van der Waals surface area contributed by atoms with E-state index < -0.39 is 0 Å². The predicted molar refractivity (Wildman–Crippen MR) is 167 cm³/mol. The molecule has 2 unspecified atom stereocenters. The summed E-state index contributed by atoms with van der Waals surface area (Å²) in [6, 6.07) is 0.575. The van der Waals surface area contributed by atoms with E-state index in [2.05, 4.69) is 114 Å². The van der Waals surface area contributed by atoms with Crippen LogP contribution in [0.15, 0.2) is 0 Å². The lowest BCUT2D eigenvalue weighted by molar-refractivity contribution is -0.0347. The molecule has 2 aliphatic heterocycles. The minimum atomic E-state index is 0.131. The van der Waals surface area contributed by atoms with Gasteiger partial charge >= 0.3 is 0 Å². The van der Waals surface area contributed by atoms with E-state index in [1.807, 2.05) is 0 Å². The van der Waals surface area contributed by atoms with E-state index in [4.69, 9.17) is 16.6 Å². The van der Waals surface area contributed by atoms with Gasteiger partial charge in [-0.05, 0) is 131 Å². The van der Waals surface area contributed by atoms with Crippen molar-refractivity contribution in [2.75, 3.05) is 24.7 Å². The summed E-state index contributed by atoms with van der Waals surface area (Å²) >= 11 is 6.51. The molecule has 0 bridgehead atoms. The van der Waals surface area contributed by atoms with Crippen LogP contribution in [0.25, 0.3) is 0 Å². The number of nitrogens with zero attached hydrogens (tertiary/aromatic N) is 5. The molecule has 1 aromatic heterocycles. The second-order valence-electron chi connectivity index (χ2n) is 15.0. The molecule has 0 amide bonds. The molecule has 0 radical (unpaired) electrons. The Balaban J connectivity index is 1.83. The van der Waals surface area contributed by atoms with Crippen LogP contribution < -0.4 is 10.6 Å². The zero-order chi connectivity index (χ0) is 29.4. The van der Waals surface area contributed by atoms with Crippen LogP contribution in [0.3, 0.4) is 0 Å². The van der Waals surface area contributed by atoms with Crippen LogP contribution >= 0.6 is 11.6 Å². The lowest BCUT2D eigenvalue weighted by Crippen LogP contribution is -2.60. The van der Waals surface area contributed by atoms with Crippen LogP contribution in [-0.2, 0) is 0 Å². The minimum Gasteiger partial charge on any atom is -0.351 e. The fourth-order valence-corrected chi connectivity index (χ4v) is 7.91. The highest BCUT2D eigenvalue weighted by Gasteiger charge is 2.46. The number of likely N-dealkylation sites (tertiary alicyclic amines) is 2. The van der Waals surface area contributed by atoms with Gasteiger partial charge in [-0.1, -0.05) is 26.7 Å². The number of halogens is 1. The molecule has 0 saturated carbocycles. The Bertz CT molecular complexity index is 852. The summed E-state index contributed by atoms with van der Waals surface area (Å²) in [7, 11) is 4.53. The van der Waals surface area contributed by atoms with Gasteiger partial charge < -0.3 is 10.6 Å². The molecule has 8 heteroatoms. The second kappa shape index (κ2) is 12.0. The van der Waals surface area contributed by atoms with Gasteiger partial charge in [0.25, 0.3) is 0 Å². The summed E-state index contributed by atoms with van der Waals surface area (Å²) in [6.45, 7) is 23.4. The number of nitrogens with one attached hydrogen (secondary N) is 2. The maximum atomic E-state index is 6.51. The van der Waals surface area contributed by atoms with Gasteiger partial charge in [-0.3, -0.25) is 9.80 Å². The Kier molecular flexibility index (Phi) is 9.93. The van der Waals surface area contributed by atoms with Crippen molar-refractivity contribution in [3.8, 4) is 0 Å². The van der Waals surface area contributed by atoms with Gasteiger partial charge in [0, 0.05) is 34.2 Å². The number of piperidine rings is 2. The number of aromatic nitrogens is 3. The van der Waals surface area contributed by atoms with Crippen LogP contribution in [0.2, 0.25) is 5.28 Å². The van der Waals surface area contributed by atoms with Gasteiger partial charge in [0.1, 0.15) is 0 Å². The van der Waals surface area contributed by atoms with Crippen molar-refractivity contribution in [1.29, 1.82) is 0 Å². The lowest BCUT2D eigenvalue weighted by atomic mass is 9.70. The first kappa shape index (κ1) is 32.3. The zero-order valence-electron chi connectivity index (χ0n) is 27.1. The molecule has 0 aliphatic carbocycles. The van der Waals surface area contributed by atoms with Crippen LogP contribution in [0.4, 0.5) is 11.9 Å². The lowest BCUT2D eigenvalue weighted by Gasteiger charge is -2.55. The molecule has 2 saturated heterocycles. The second-order valence-corrected chi connectivity index (χ2v) is 15.4. The monoisotopic (exact) mass is 563 g/mol. The Morgan fingerprint density at radius 3 is 1.26 bits per heavy atom. The van der Waals surface area contributed by atoms with Crippen molar-refractivity contribution in [3.05, 3.63) is 5.28 Å². The molecule has 224 valence electrons. The smallest absolute Gasteiger partial charge is 0.229 e. The topological polar surface area (TPSA) is 69.2 Å². The summed E-state index contributed by atoms with van der Waals surface area (Å²) in [5, 5.41) is 7.70. The number of anilines is 2. The van der Waals surface area contributed by atoms with Crippen molar-refractivity contribution in [2.24, 2.45) is 11.8 Å².